The van der Waals surface area contributed by atoms with Gasteiger partial charge in [-0.3, -0.25) is 9.59 Å². The van der Waals surface area contributed by atoms with Gasteiger partial charge in [0.05, 0.1) is 11.5 Å². The van der Waals surface area contributed by atoms with Gasteiger partial charge in [-0.15, -0.1) is 0 Å². The number of nitrogens with zero attached hydrogens (tertiary/aromatic N) is 1. The summed E-state index contributed by atoms with van der Waals surface area (Å²) < 4.78 is 0. The Balaban J connectivity index is 1.77. The number of rotatable bonds is 0. The van der Waals surface area contributed by atoms with Crippen LogP contribution >= 0.6 is 0 Å². The molecular weight excluding hydrogens is 286 g/mol. The highest BCUT2D eigenvalue weighted by molar-refractivity contribution is 5.87. The van der Waals surface area contributed by atoms with Crippen molar-refractivity contribution in [3.63, 3.8) is 0 Å². The van der Waals surface area contributed by atoms with E-state index < -0.39 is 0 Å². The zero-order valence-electron chi connectivity index (χ0n) is 14.4. The molecule has 4 aliphatic rings. The molecule has 0 aromatic rings. The number of fused-ring (bicyclic) bond motifs is 5. The van der Waals surface area contributed by atoms with E-state index in [2.05, 4.69) is 19.9 Å². The molecule has 23 heavy (non-hydrogen) atoms. The zero-order valence-corrected chi connectivity index (χ0v) is 14.4. The Kier molecular flexibility index (Phi) is 3.13. The summed E-state index contributed by atoms with van der Waals surface area (Å²) >= 11 is 0. The molecule has 4 saturated carbocycles. The monoisotopic (exact) mass is 313 g/mol. The molecule has 0 heterocycles. The minimum atomic E-state index is -0.329. The number of carbonyl (C=O) groups is 2. The van der Waals surface area contributed by atoms with Crippen LogP contribution in [0.3, 0.4) is 0 Å². The van der Waals surface area contributed by atoms with Crippen LogP contribution in [-0.4, -0.2) is 11.6 Å². The van der Waals surface area contributed by atoms with Crippen molar-refractivity contribution >= 4 is 11.6 Å². The van der Waals surface area contributed by atoms with Crippen molar-refractivity contribution in [3.8, 4) is 6.07 Å². The Labute approximate surface area is 138 Å². The van der Waals surface area contributed by atoms with E-state index in [1.165, 1.54) is 0 Å². The Morgan fingerprint density at radius 1 is 1.00 bits per heavy atom. The first-order chi connectivity index (χ1) is 10.9. The molecule has 0 amide bonds. The minimum Gasteiger partial charge on any atom is -0.300 e. The number of nitriles is 1. The molecule has 3 nitrogen and oxygen atoms in total. The highest BCUT2D eigenvalue weighted by atomic mass is 16.1. The average Bonchev–Trinajstić information content (AvgIpc) is 2.84. The fourth-order valence-electron chi connectivity index (χ4n) is 7.16. The van der Waals surface area contributed by atoms with Crippen LogP contribution in [0.4, 0.5) is 0 Å². The highest BCUT2D eigenvalue weighted by Gasteiger charge is 2.67. The maximum atomic E-state index is 12.5. The molecule has 0 N–H and O–H groups in total. The summed E-state index contributed by atoms with van der Waals surface area (Å²) in [7, 11) is 0. The molecule has 0 spiro atoms. The lowest BCUT2D eigenvalue weighted by Gasteiger charge is -2.62. The quantitative estimate of drug-likeness (QED) is 0.677. The first-order valence-corrected chi connectivity index (χ1v) is 9.33. The van der Waals surface area contributed by atoms with E-state index in [0.29, 0.717) is 36.2 Å². The summed E-state index contributed by atoms with van der Waals surface area (Å²) in [6.07, 6.45) is 7.74. The average molecular weight is 313 g/mol. The van der Waals surface area contributed by atoms with Gasteiger partial charge < -0.3 is 0 Å². The summed E-state index contributed by atoms with van der Waals surface area (Å²) in [4.78, 5) is 24.5. The summed E-state index contributed by atoms with van der Waals surface area (Å²) in [5.41, 5.74) is -0.473. The van der Waals surface area contributed by atoms with Crippen LogP contribution in [0.2, 0.25) is 0 Å². The van der Waals surface area contributed by atoms with Gasteiger partial charge in [0.2, 0.25) is 0 Å². The van der Waals surface area contributed by atoms with Gasteiger partial charge in [-0.05, 0) is 61.7 Å². The predicted molar refractivity (Wildman–Crippen MR) is 86.3 cm³/mol. The van der Waals surface area contributed by atoms with Gasteiger partial charge in [-0.1, -0.05) is 13.8 Å². The molecule has 3 heteroatoms. The number of carbonyl (C=O) groups excluding carboxylic acids is 2. The van der Waals surface area contributed by atoms with Crippen LogP contribution in [0.1, 0.15) is 71.6 Å². The predicted octanol–water partition coefficient (Wildman–Crippen LogP) is 4.06. The Morgan fingerprint density at radius 2 is 1.78 bits per heavy atom. The molecule has 4 aliphatic carbocycles. The molecule has 6 atom stereocenters. The Morgan fingerprint density at radius 3 is 2.52 bits per heavy atom. The SMILES string of the molecule is C[C@]12CCC(=O)CC1CC[C@@]1(C#N)[C@@H]2CC[C@]2(C)C(=O)CC[C@@H]12. The summed E-state index contributed by atoms with van der Waals surface area (Å²) in [6.45, 7) is 4.47. The number of hydrogen-bond acceptors (Lipinski definition) is 3. The summed E-state index contributed by atoms with van der Waals surface area (Å²) in [5, 5.41) is 10.3. The lowest BCUT2D eigenvalue weighted by molar-refractivity contribution is -0.157. The van der Waals surface area contributed by atoms with Crippen molar-refractivity contribution < 1.29 is 9.59 Å². The lowest BCUT2D eigenvalue weighted by atomic mass is 9.40. The molecule has 0 bridgehead atoms. The second kappa shape index (κ2) is 4.68. The number of hydrogen-bond donors (Lipinski definition) is 0. The van der Waals surface area contributed by atoms with Crippen LogP contribution in [-0.2, 0) is 9.59 Å². The topological polar surface area (TPSA) is 57.9 Å². The highest BCUT2D eigenvalue weighted by Crippen LogP contribution is 2.70. The molecule has 124 valence electrons. The van der Waals surface area contributed by atoms with Gasteiger partial charge in [-0.2, -0.15) is 5.26 Å². The smallest absolute Gasteiger partial charge is 0.139 e. The van der Waals surface area contributed by atoms with Gasteiger partial charge in [-0.25, -0.2) is 0 Å². The zero-order chi connectivity index (χ0) is 16.5. The fourth-order valence-corrected chi connectivity index (χ4v) is 7.16. The van der Waals surface area contributed by atoms with E-state index in [-0.39, 0.29) is 22.2 Å². The van der Waals surface area contributed by atoms with Crippen molar-refractivity contribution in [2.75, 3.05) is 0 Å². The van der Waals surface area contributed by atoms with E-state index in [1.54, 1.807) is 0 Å². The van der Waals surface area contributed by atoms with Crippen LogP contribution in [0, 0.1) is 45.3 Å². The van der Waals surface area contributed by atoms with Crippen molar-refractivity contribution in [3.05, 3.63) is 0 Å². The summed E-state index contributed by atoms with van der Waals surface area (Å²) in [6, 6.07) is 2.77. The van der Waals surface area contributed by atoms with Gasteiger partial charge in [0.25, 0.3) is 0 Å². The fraction of sp³-hybridized carbons (Fsp3) is 0.850. The third-order valence-electron chi connectivity index (χ3n) is 8.52. The maximum Gasteiger partial charge on any atom is 0.139 e. The van der Waals surface area contributed by atoms with Gasteiger partial charge in [0, 0.05) is 24.7 Å². The molecule has 4 rings (SSSR count). The molecule has 0 radical (unpaired) electrons. The van der Waals surface area contributed by atoms with Crippen molar-refractivity contribution in [2.45, 2.75) is 71.6 Å². The Hall–Kier alpha value is -1.17. The van der Waals surface area contributed by atoms with Crippen LogP contribution in [0.15, 0.2) is 0 Å². The van der Waals surface area contributed by atoms with E-state index in [4.69, 9.17) is 0 Å². The molecule has 0 saturated heterocycles. The van der Waals surface area contributed by atoms with E-state index in [0.717, 1.165) is 44.9 Å². The van der Waals surface area contributed by atoms with Crippen LogP contribution in [0.25, 0.3) is 0 Å². The molecule has 4 fully saturated rings. The molecule has 1 unspecified atom stereocenters. The second-order valence-electron chi connectivity index (χ2n) is 9.16. The molecular formula is C20H27NO2. The van der Waals surface area contributed by atoms with Crippen molar-refractivity contribution in [1.82, 2.24) is 0 Å². The van der Waals surface area contributed by atoms with Crippen molar-refractivity contribution in [1.29, 1.82) is 5.26 Å². The molecule has 0 aliphatic heterocycles. The van der Waals surface area contributed by atoms with Crippen molar-refractivity contribution in [2.24, 2.45) is 34.0 Å². The maximum absolute atomic E-state index is 12.5. The number of Topliss-reactive ketones (excluding diaryl/α,β-unsaturated/α-hetero) is 2. The van der Waals surface area contributed by atoms with Gasteiger partial charge in [0.15, 0.2) is 0 Å². The normalized spacial score (nSPS) is 52.3. The lowest BCUT2D eigenvalue weighted by Crippen LogP contribution is -2.59. The van der Waals surface area contributed by atoms with E-state index >= 15 is 0 Å². The largest absolute Gasteiger partial charge is 0.300 e. The van der Waals surface area contributed by atoms with E-state index in [1.807, 2.05) is 0 Å². The summed E-state index contributed by atoms with van der Waals surface area (Å²) in [5.74, 6) is 1.87. The minimum absolute atomic E-state index is 0.120. The standard InChI is InChI=1S/C20H27NO2/c1-18-8-6-14(22)11-13(18)5-10-20(12-21)15-3-4-17(23)19(15,2)9-7-16(18)20/h13,15-16H,3-11H2,1-2H3/t13?,15-,16-,18+,19+,20+/m1/s1. The third kappa shape index (κ3) is 1.76. The van der Waals surface area contributed by atoms with Crippen LogP contribution < -0.4 is 0 Å². The third-order valence-corrected chi connectivity index (χ3v) is 8.52. The molecule has 0 aromatic carbocycles. The second-order valence-corrected chi connectivity index (χ2v) is 9.16. The van der Waals surface area contributed by atoms with E-state index in [9.17, 15) is 14.9 Å². The molecule has 0 aromatic heterocycles. The van der Waals surface area contributed by atoms with Gasteiger partial charge in [0.1, 0.15) is 11.6 Å². The number of ketones is 2. The first kappa shape index (κ1) is 15.4. The first-order valence-electron chi connectivity index (χ1n) is 9.33. The Bertz CT molecular complexity index is 620. The van der Waals surface area contributed by atoms with Crippen LogP contribution in [0.5, 0.6) is 0 Å². The van der Waals surface area contributed by atoms with Gasteiger partial charge >= 0.3 is 0 Å².